The molecule has 0 aliphatic carbocycles. The molecule has 158 valence electrons. The van der Waals surface area contributed by atoms with Gasteiger partial charge in [0.05, 0.1) is 13.7 Å². The quantitative estimate of drug-likeness (QED) is 0.649. The minimum absolute atomic E-state index is 0.0580. The number of para-hydroxylation sites is 1. The number of rotatable bonds is 8. The Hall–Kier alpha value is -2.52. The van der Waals surface area contributed by atoms with Gasteiger partial charge in [0.1, 0.15) is 12.3 Å². The van der Waals surface area contributed by atoms with Crippen LogP contribution in [0.3, 0.4) is 0 Å². The number of carbonyl (C=O) groups is 1. The highest BCUT2D eigenvalue weighted by Gasteiger charge is 2.23. The molecule has 1 saturated heterocycles. The number of aromatic nitrogens is 4. The van der Waals surface area contributed by atoms with E-state index in [9.17, 15) is 4.79 Å². The van der Waals surface area contributed by atoms with E-state index in [2.05, 4.69) is 45.2 Å². The standard InChI is InChI=1S/C20H31N7O2/c1-16(2)24(3)14-19-21-22-23-27(19)15-20(28)26-11-9-25(10-12-26)13-17-7-5-6-8-18(17)29-4/h5-8,16H,9-15H2,1-4H3. The second-order valence-electron chi connectivity index (χ2n) is 7.73. The maximum absolute atomic E-state index is 12.8. The normalized spacial score (nSPS) is 15.3. The van der Waals surface area contributed by atoms with Gasteiger partial charge in [-0.2, -0.15) is 0 Å². The lowest BCUT2D eigenvalue weighted by molar-refractivity contribution is -0.134. The Kier molecular flexibility index (Phi) is 7.16. The van der Waals surface area contributed by atoms with Gasteiger partial charge >= 0.3 is 0 Å². The highest BCUT2D eigenvalue weighted by atomic mass is 16.5. The van der Waals surface area contributed by atoms with E-state index in [1.165, 1.54) is 5.56 Å². The van der Waals surface area contributed by atoms with Gasteiger partial charge in [0.25, 0.3) is 0 Å². The molecule has 0 radical (unpaired) electrons. The third-order valence-electron chi connectivity index (χ3n) is 5.47. The summed E-state index contributed by atoms with van der Waals surface area (Å²) in [5.74, 6) is 1.68. The van der Waals surface area contributed by atoms with Crippen molar-refractivity contribution >= 4 is 5.91 Å². The summed E-state index contributed by atoms with van der Waals surface area (Å²) in [6, 6.07) is 8.45. The molecule has 0 unspecified atom stereocenters. The number of tetrazole rings is 1. The summed E-state index contributed by atoms with van der Waals surface area (Å²) < 4.78 is 7.06. The van der Waals surface area contributed by atoms with E-state index in [1.807, 2.05) is 30.1 Å². The van der Waals surface area contributed by atoms with Crippen LogP contribution in [-0.2, 0) is 24.4 Å². The van der Waals surface area contributed by atoms with Crippen LogP contribution in [0.25, 0.3) is 0 Å². The number of hydrogen-bond donors (Lipinski definition) is 0. The molecule has 9 heteroatoms. The third-order valence-corrected chi connectivity index (χ3v) is 5.47. The summed E-state index contributed by atoms with van der Waals surface area (Å²) in [6.07, 6.45) is 0. The Balaban J connectivity index is 1.51. The van der Waals surface area contributed by atoms with Gasteiger partial charge in [-0.25, -0.2) is 4.68 Å². The van der Waals surface area contributed by atoms with E-state index >= 15 is 0 Å². The van der Waals surface area contributed by atoms with Crippen molar-refractivity contribution in [2.45, 2.75) is 39.5 Å². The van der Waals surface area contributed by atoms with Crippen LogP contribution in [0.5, 0.6) is 5.75 Å². The molecule has 1 fully saturated rings. The minimum Gasteiger partial charge on any atom is -0.496 e. The molecular formula is C20H31N7O2. The average molecular weight is 402 g/mol. The Morgan fingerprint density at radius 2 is 1.93 bits per heavy atom. The molecule has 1 amide bonds. The predicted molar refractivity (Wildman–Crippen MR) is 109 cm³/mol. The fourth-order valence-electron chi connectivity index (χ4n) is 3.32. The number of nitrogens with zero attached hydrogens (tertiary/aromatic N) is 7. The number of benzene rings is 1. The third kappa shape index (κ3) is 5.51. The molecule has 1 aliphatic heterocycles. The molecule has 9 nitrogen and oxygen atoms in total. The van der Waals surface area contributed by atoms with Crippen molar-refractivity contribution in [3.8, 4) is 5.75 Å². The van der Waals surface area contributed by atoms with Crippen LogP contribution in [0.4, 0.5) is 0 Å². The minimum atomic E-state index is 0.0580. The van der Waals surface area contributed by atoms with E-state index < -0.39 is 0 Å². The molecule has 0 atom stereocenters. The fraction of sp³-hybridized carbons (Fsp3) is 0.600. The molecule has 0 spiro atoms. The first-order valence-corrected chi connectivity index (χ1v) is 10.0. The molecular weight excluding hydrogens is 370 g/mol. The van der Waals surface area contributed by atoms with Crippen molar-refractivity contribution in [1.82, 2.24) is 34.9 Å². The van der Waals surface area contributed by atoms with Crippen molar-refractivity contribution < 1.29 is 9.53 Å². The Morgan fingerprint density at radius 3 is 2.62 bits per heavy atom. The number of carbonyl (C=O) groups excluding carboxylic acids is 1. The molecule has 2 heterocycles. The topological polar surface area (TPSA) is 79.6 Å². The second-order valence-corrected chi connectivity index (χ2v) is 7.73. The van der Waals surface area contributed by atoms with Crippen LogP contribution in [-0.4, -0.2) is 87.2 Å². The highest BCUT2D eigenvalue weighted by molar-refractivity contribution is 5.76. The predicted octanol–water partition coefficient (Wildman–Crippen LogP) is 0.866. The van der Waals surface area contributed by atoms with Crippen LogP contribution in [0, 0.1) is 0 Å². The van der Waals surface area contributed by atoms with Gasteiger partial charge in [-0.15, -0.1) is 5.10 Å². The molecule has 29 heavy (non-hydrogen) atoms. The molecule has 3 rings (SSSR count). The van der Waals surface area contributed by atoms with Crippen LogP contribution in [0.1, 0.15) is 25.2 Å². The number of amides is 1. The van der Waals surface area contributed by atoms with E-state index in [0.717, 1.165) is 25.4 Å². The zero-order chi connectivity index (χ0) is 20.8. The van der Waals surface area contributed by atoms with Gasteiger partial charge in [0, 0.05) is 44.3 Å². The smallest absolute Gasteiger partial charge is 0.244 e. The van der Waals surface area contributed by atoms with Gasteiger partial charge < -0.3 is 9.64 Å². The van der Waals surface area contributed by atoms with Crippen LogP contribution >= 0.6 is 0 Å². The van der Waals surface area contributed by atoms with Gasteiger partial charge in [-0.05, 0) is 37.4 Å². The molecule has 0 bridgehead atoms. The van der Waals surface area contributed by atoms with Gasteiger partial charge in [0.2, 0.25) is 5.91 Å². The Morgan fingerprint density at radius 1 is 1.21 bits per heavy atom. The summed E-state index contributed by atoms with van der Waals surface area (Å²) in [7, 11) is 3.72. The number of methoxy groups -OCH3 is 1. The zero-order valence-corrected chi connectivity index (χ0v) is 17.8. The molecule has 0 N–H and O–H groups in total. The van der Waals surface area contributed by atoms with Crippen molar-refractivity contribution in [1.29, 1.82) is 0 Å². The first kappa shape index (κ1) is 21.2. The summed E-state index contributed by atoms with van der Waals surface area (Å²) >= 11 is 0. The van der Waals surface area contributed by atoms with Gasteiger partial charge in [0.15, 0.2) is 5.82 Å². The largest absolute Gasteiger partial charge is 0.496 e. The lowest BCUT2D eigenvalue weighted by Gasteiger charge is -2.35. The average Bonchev–Trinajstić information content (AvgIpc) is 3.15. The van der Waals surface area contributed by atoms with Crippen LogP contribution < -0.4 is 4.74 Å². The highest BCUT2D eigenvalue weighted by Crippen LogP contribution is 2.20. The summed E-state index contributed by atoms with van der Waals surface area (Å²) in [5.41, 5.74) is 1.17. The molecule has 1 aromatic heterocycles. The van der Waals surface area contributed by atoms with Gasteiger partial charge in [-0.3, -0.25) is 14.6 Å². The molecule has 1 aliphatic rings. The molecule has 2 aromatic rings. The fourth-order valence-corrected chi connectivity index (χ4v) is 3.32. The van der Waals surface area contributed by atoms with Crippen LogP contribution in [0.15, 0.2) is 24.3 Å². The van der Waals surface area contributed by atoms with Crippen molar-refractivity contribution in [2.75, 3.05) is 40.3 Å². The first-order valence-electron chi connectivity index (χ1n) is 10.0. The summed E-state index contributed by atoms with van der Waals surface area (Å²) in [5, 5.41) is 11.8. The van der Waals surface area contributed by atoms with Gasteiger partial charge in [-0.1, -0.05) is 18.2 Å². The molecule has 1 aromatic carbocycles. The zero-order valence-electron chi connectivity index (χ0n) is 17.8. The van der Waals surface area contributed by atoms with E-state index in [0.29, 0.717) is 31.5 Å². The van der Waals surface area contributed by atoms with E-state index in [1.54, 1.807) is 11.8 Å². The lowest BCUT2D eigenvalue weighted by Crippen LogP contribution is -2.49. The number of hydrogen-bond acceptors (Lipinski definition) is 7. The Bertz CT molecular complexity index is 800. The first-order chi connectivity index (χ1) is 14.0. The maximum Gasteiger partial charge on any atom is 0.244 e. The lowest BCUT2D eigenvalue weighted by atomic mass is 10.1. The van der Waals surface area contributed by atoms with Crippen molar-refractivity contribution in [3.63, 3.8) is 0 Å². The van der Waals surface area contributed by atoms with Crippen molar-refractivity contribution in [3.05, 3.63) is 35.7 Å². The van der Waals surface area contributed by atoms with Crippen molar-refractivity contribution in [2.24, 2.45) is 0 Å². The van der Waals surface area contributed by atoms with E-state index in [4.69, 9.17) is 4.74 Å². The summed E-state index contributed by atoms with van der Waals surface area (Å²) in [4.78, 5) is 19.2. The SMILES string of the molecule is COc1ccccc1CN1CCN(C(=O)Cn2nnnc2CN(C)C(C)C)CC1. The molecule has 0 saturated carbocycles. The van der Waals surface area contributed by atoms with Crippen LogP contribution in [0.2, 0.25) is 0 Å². The number of piperazine rings is 1. The van der Waals surface area contributed by atoms with E-state index in [-0.39, 0.29) is 12.5 Å². The Labute approximate surface area is 172 Å². The monoisotopic (exact) mass is 401 g/mol. The number of ether oxygens (including phenoxy) is 1. The second kappa shape index (κ2) is 9.80. The summed E-state index contributed by atoms with van der Waals surface area (Å²) in [6.45, 7) is 8.93. The maximum atomic E-state index is 12.8.